The molecule has 21 heavy (non-hydrogen) atoms. The van der Waals surface area contributed by atoms with E-state index in [1.807, 2.05) is 13.8 Å². The molecule has 0 amide bonds. The van der Waals surface area contributed by atoms with Gasteiger partial charge in [-0.05, 0) is 44.1 Å². The van der Waals surface area contributed by atoms with Crippen molar-refractivity contribution in [3.05, 3.63) is 16.8 Å². The number of thiocarbonyl (C=S) groups is 1. The predicted molar refractivity (Wildman–Crippen MR) is 89.7 cm³/mol. The Morgan fingerprint density at radius 3 is 2.57 bits per heavy atom. The molecule has 2 fully saturated rings. The molecule has 2 heterocycles. The van der Waals surface area contributed by atoms with Crippen LogP contribution in [0.5, 0.6) is 0 Å². The first-order chi connectivity index (χ1) is 10.1. The second-order valence-corrected chi connectivity index (χ2v) is 6.95. The molecule has 114 valence electrons. The minimum Gasteiger partial charge on any atom is -0.389 e. The zero-order valence-electron chi connectivity index (χ0n) is 12.9. The first kappa shape index (κ1) is 14.7. The first-order valence-electron chi connectivity index (χ1n) is 7.96. The molecule has 0 aromatic carbocycles. The lowest BCUT2D eigenvalue weighted by Crippen LogP contribution is -2.43. The maximum Gasteiger partial charge on any atom is 0.161 e. The van der Waals surface area contributed by atoms with Crippen LogP contribution in [0, 0.1) is 25.7 Å². The number of piperidine rings is 1. The summed E-state index contributed by atoms with van der Waals surface area (Å²) >= 11 is 5.26. The van der Waals surface area contributed by atoms with E-state index in [2.05, 4.69) is 15.1 Å². The minimum atomic E-state index is 0.436. The summed E-state index contributed by atoms with van der Waals surface area (Å²) in [7, 11) is 0. The van der Waals surface area contributed by atoms with E-state index in [4.69, 9.17) is 18.0 Å². The highest BCUT2D eigenvalue weighted by molar-refractivity contribution is 7.80. The van der Waals surface area contributed by atoms with Crippen molar-refractivity contribution in [3.8, 4) is 0 Å². The molecule has 2 N–H and O–H groups in total. The van der Waals surface area contributed by atoms with Crippen LogP contribution in [-0.4, -0.2) is 28.3 Å². The van der Waals surface area contributed by atoms with Crippen LogP contribution in [0.15, 0.2) is 0 Å². The molecule has 1 aromatic heterocycles. The summed E-state index contributed by atoms with van der Waals surface area (Å²) in [5.74, 6) is 2.60. The van der Waals surface area contributed by atoms with Crippen LogP contribution in [-0.2, 0) is 0 Å². The molecule has 1 aromatic rings. The lowest BCUT2D eigenvalue weighted by Gasteiger charge is -2.42. The fourth-order valence-corrected chi connectivity index (χ4v) is 4.15. The van der Waals surface area contributed by atoms with Gasteiger partial charge < -0.3 is 10.6 Å². The van der Waals surface area contributed by atoms with Crippen molar-refractivity contribution in [3.63, 3.8) is 0 Å². The predicted octanol–water partition coefficient (Wildman–Crippen LogP) is 2.74. The van der Waals surface area contributed by atoms with Crippen LogP contribution in [0.1, 0.15) is 48.9 Å². The van der Waals surface area contributed by atoms with Gasteiger partial charge in [0.2, 0.25) is 0 Å². The van der Waals surface area contributed by atoms with Crippen LogP contribution in [0.2, 0.25) is 0 Å². The van der Waals surface area contributed by atoms with Crippen LogP contribution in [0.3, 0.4) is 0 Å². The first-order valence-corrected chi connectivity index (χ1v) is 8.37. The van der Waals surface area contributed by atoms with Crippen molar-refractivity contribution in [1.29, 1.82) is 0 Å². The Bertz CT molecular complexity index is 557. The number of aryl methyl sites for hydroxylation is 1. The van der Waals surface area contributed by atoms with Gasteiger partial charge >= 0.3 is 0 Å². The average Bonchev–Trinajstić information content (AvgIpc) is 2.49. The number of hydrogen-bond acceptors (Lipinski definition) is 4. The Hall–Kier alpha value is -1.23. The molecule has 2 atom stereocenters. The maximum absolute atomic E-state index is 5.96. The van der Waals surface area contributed by atoms with Crippen LogP contribution in [0.4, 0.5) is 5.82 Å². The van der Waals surface area contributed by atoms with Gasteiger partial charge in [0.05, 0.1) is 11.3 Å². The molecule has 3 rings (SSSR count). The standard InChI is InChI=1S/C16H24N4S/c1-10-11(2)18-19-16(14(10)15(17)21)20-8-7-12-5-3-4-6-13(12)9-20/h12-13H,3-9H2,1-2H3,(H2,17,21). The summed E-state index contributed by atoms with van der Waals surface area (Å²) in [6.07, 6.45) is 6.79. The molecule has 4 nitrogen and oxygen atoms in total. The largest absolute Gasteiger partial charge is 0.389 e. The molecule has 1 saturated carbocycles. The monoisotopic (exact) mass is 304 g/mol. The zero-order valence-corrected chi connectivity index (χ0v) is 13.7. The SMILES string of the molecule is Cc1nnc(N2CCC3CCCCC3C2)c(C(N)=S)c1C. The zero-order chi connectivity index (χ0) is 15.0. The molecular formula is C16H24N4S. The number of hydrogen-bond donors (Lipinski definition) is 1. The van der Waals surface area contributed by atoms with Crippen molar-refractivity contribution in [2.75, 3.05) is 18.0 Å². The van der Waals surface area contributed by atoms with Gasteiger partial charge in [-0.1, -0.05) is 31.5 Å². The summed E-state index contributed by atoms with van der Waals surface area (Å²) < 4.78 is 0. The van der Waals surface area contributed by atoms with Gasteiger partial charge in [0.25, 0.3) is 0 Å². The van der Waals surface area contributed by atoms with E-state index in [-0.39, 0.29) is 0 Å². The van der Waals surface area contributed by atoms with E-state index >= 15 is 0 Å². The molecular weight excluding hydrogens is 280 g/mol. The number of rotatable bonds is 2. The molecule has 1 aliphatic carbocycles. The van der Waals surface area contributed by atoms with Gasteiger partial charge in [0.15, 0.2) is 5.82 Å². The Morgan fingerprint density at radius 1 is 1.14 bits per heavy atom. The second kappa shape index (κ2) is 5.87. The molecule has 2 aliphatic rings. The number of nitrogens with two attached hydrogens (primary N) is 1. The summed E-state index contributed by atoms with van der Waals surface area (Å²) in [6.45, 7) is 6.13. The Labute approximate surface area is 132 Å². The van der Waals surface area contributed by atoms with Gasteiger partial charge in [0.1, 0.15) is 4.99 Å². The normalized spacial score (nSPS) is 25.5. The van der Waals surface area contributed by atoms with Crippen LogP contribution in [0.25, 0.3) is 0 Å². The van der Waals surface area contributed by atoms with E-state index < -0.39 is 0 Å². The van der Waals surface area contributed by atoms with E-state index in [9.17, 15) is 0 Å². The van der Waals surface area contributed by atoms with Gasteiger partial charge in [0, 0.05) is 13.1 Å². The van der Waals surface area contributed by atoms with Gasteiger partial charge in [-0.25, -0.2) is 0 Å². The molecule has 5 heteroatoms. The van der Waals surface area contributed by atoms with Gasteiger partial charge in [-0.3, -0.25) is 0 Å². The Kier molecular flexibility index (Phi) is 4.11. The van der Waals surface area contributed by atoms with Gasteiger partial charge in [-0.15, -0.1) is 5.10 Å². The van der Waals surface area contributed by atoms with Crippen molar-refractivity contribution in [1.82, 2.24) is 10.2 Å². The lowest BCUT2D eigenvalue weighted by molar-refractivity contribution is 0.202. The molecule has 0 radical (unpaired) electrons. The van der Waals surface area contributed by atoms with Crippen molar-refractivity contribution < 1.29 is 0 Å². The fourth-order valence-electron chi connectivity index (χ4n) is 3.91. The topological polar surface area (TPSA) is 55.0 Å². The summed E-state index contributed by atoms with van der Waals surface area (Å²) in [5.41, 5.74) is 8.86. The molecule has 0 bridgehead atoms. The highest BCUT2D eigenvalue weighted by atomic mass is 32.1. The van der Waals surface area contributed by atoms with Crippen LogP contribution < -0.4 is 10.6 Å². The van der Waals surface area contributed by atoms with E-state index in [1.165, 1.54) is 32.1 Å². The molecule has 1 saturated heterocycles. The fraction of sp³-hybridized carbons (Fsp3) is 0.688. The Balaban J connectivity index is 1.90. The Morgan fingerprint density at radius 2 is 1.86 bits per heavy atom. The van der Waals surface area contributed by atoms with Crippen molar-refractivity contribution in [2.45, 2.75) is 46.0 Å². The minimum absolute atomic E-state index is 0.436. The number of aromatic nitrogens is 2. The lowest BCUT2D eigenvalue weighted by atomic mass is 9.75. The molecule has 0 spiro atoms. The highest BCUT2D eigenvalue weighted by Crippen LogP contribution is 2.38. The van der Waals surface area contributed by atoms with E-state index in [0.29, 0.717) is 4.99 Å². The second-order valence-electron chi connectivity index (χ2n) is 6.51. The third kappa shape index (κ3) is 2.76. The molecule has 2 unspecified atom stereocenters. The number of anilines is 1. The number of fused-ring (bicyclic) bond motifs is 1. The van der Waals surface area contributed by atoms with Crippen molar-refractivity contribution >= 4 is 23.0 Å². The van der Waals surface area contributed by atoms with E-state index in [1.54, 1.807) is 0 Å². The third-order valence-corrected chi connectivity index (χ3v) is 5.48. The quantitative estimate of drug-likeness (QED) is 0.852. The van der Waals surface area contributed by atoms with E-state index in [0.717, 1.165) is 47.6 Å². The number of nitrogens with zero attached hydrogens (tertiary/aromatic N) is 3. The molecule has 1 aliphatic heterocycles. The summed E-state index contributed by atoms with van der Waals surface area (Å²) in [4.78, 5) is 2.80. The van der Waals surface area contributed by atoms with Crippen LogP contribution >= 0.6 is 12.2 Å². The maximum atomic E-state index is 5.96. The summed E-state index contributed by atoms with van der Waals surface area (Å²) in [5, 5.41) is 8.72. The summed E-state index contributed by atoms with van der Waals surface area (Å²) in [6, 6.07) is 0. The van der Waals surface area contributed by atoms with Gasteiger partial charge in [-0.2, -0.15) is 5.10 Å². The third-order valence-electron chi connectivity index (χ3n) is 5.27. The van der Waals surface area contributed by atoms with Crippen molar-refractivity contribution in [2.24, 2.45) is 17.6 Å². The average molecular weight is 304 g/mol. The smallest absolute Gasteiger partial charge is 0.161 e. The highest BCUT2D eigenvalue weighted by Gasteiger charge is 2.33.